The first-order valence-corrected chi connectivity index (χ1v) is 7.64. The van der Waals surface area contributed by atoms with Crippen molar-refractivity contribution < 1.29 is 0 Å². The van der Waals surface area contributed by atoms with E-state index in [1.807, 2.05) is 0 Å². The van der Waals surface area contributed by atoms with Crippen LogP contribution in [-0.2, 0) is 6.42 Å². The summed E-state index contributed by atoms with van der Waals surface area (Å²) in [6, 6.07) is 8.84. The second-order valence-electron chi connectivity index (χ2n) is 5.64. The maximum absolute atomic E-state index is 6.01. The summed E-state index contributed by atoms with van der Waals surface area (Å²) >= 11 is 5.32. The highest BCUT2D eigenvalue weighted by Gasteiger charge is 2.26. The highest BCUT2D eigenvalue weighted by atomic mass is 32.1. The topological polar surface area (TPSA) is 29.3 Å². The van der Waals surface area contributed by atoms with E-state index in [1.54, 1.807) is 0 Å². The third-order valence-corrected chi connectivity index (χ3v) is 4.25. The van der Waals surface area contributed by atoms with Crippen molar-refractivity contribution in [3.8, 4) is 0 Å². The number of aryl methyl sites for hydroxylation is 1. The average molecular weight is 276 g/mol. The zero-order valence-electron chi connectivity index (χ0n) is 11.9. The molecule has 0 spiro atoms. The van der Waals surface area contributed by atoms with Crippen molar-refractivity contribution in [2.45, 2.75) is 39.2 Å². The molecule has 104 valence electrons. The van der Waals surface area contributed by atoms with E-state index in [4.69, 9.17) is 18.0 Å². The molecule has 0 radical (unpaired) electrons. The quantitative estimate of drug-likeness (QED) is 0.856. The highest BCUT2D eigenvalue weighted by Crippen LogP contribution is 2.27. The molecule has 0 bridgehead atoms. The van der Waals surface area contributed by atoms with Crippen LogP contribution in [0.5, 0.6) is 0 Å². The molecule has 0 aliphatic carbocycles. The van der Waals surface area contributed by atoms with E-state index in [0.717, 1.165) is 25.4 Å². The van der Waals surface area contributed by atoms with Crippen molar-refractivity contribution in [1.82, 2.24) is 4.90 Å². The Labute approximate surface area is 122 Å². The van der Waals surface area contributed by atoms with Crippen molar-refractivity contribution in [3.05, 3.63) is 35.4 Å². The van der Waals surface area contributed by atoms with Gasteiger partial charge in [0, 0.05) is 6.54 Å². The third-order valence-electron chi connectivity index (χ3n) is 4.03. The summed E-state index contributed by atoms with van der Waals surface area (Å²) in [5, 5.41) is 0. The minimum absolute atomic E-state index is 0.101. The summed E-state index contributed by atoms with van der Waals surface area (Å²) in [7, 11) is 0. The number of piperidine rings is 1. The van der Waals surface area contributed by atoms with Gasteiger partial charge in [-0.05, 0) is 42.9 Å². The first-order chi connectivity index (χ1) is 9.11. The van der Waals surface area contributed by atoms with Gasteiger partial charge in [-0.1, -0.05) is 50.3 Å². The summed E-state index contributed by atoms with van der Waals surface area (Å²) in [6.07, 6.45) is 3.63. The van der Waals surface area contributed by atoms with Gasteiger partial charge in [0.25, 0.3) is 0 Å². The lowest BCUT2D eigenvalue weighted by molar-refractivity contribution is 0.162. The molecule has 2 N–H and O–H groups in total. The van der Waals surface area contributed by atoms with Gasteiger partial charge in [-0.2, -0.15) is 0 Å². The Hall–Kier alpha value is -0.930. The Morgan fingerprint density at radius 3 is 2.63 bits per heavy atom. The fraction of sp³-hybridized carbons (Fsp3) is 0.562. The first-order valence-electron chi connectivity index (χ1n) is 7.24. The number of nitrogens with zero attached hydrogens (tertiary/aromatic N) is 1. The molecule has 3 heteroatoms. The number of nitrogens with two attached hydrogens (primary N) is 1. The number of thiocarbonyl (C=S) groups is 1. The third kappa shape index (κ3) is 3.54. The highest BCUT2D eigenvalue weighted by molar-refractivity contribution is 7.80. The number of likely N-dealkylation sites (tertiary alicyclic amines) is 1. The van der Waals surface area contributed by atoms with Crippen LogP contribution in [0.3, 0.4) is 0 Å². The van der Waals surface area contributed by atoms with Crippen molar-refractivity contribution in [2.75, 3.05) is 13.1 Å². The molecule has 1 aliphatic rings. The maximum Gasteiger partial charge on any atom is 0.0948 e. The Kier molecular flexibility index (Phi) is 4.94. The zero-order valence-corrected chi connectivity index (χ0v) is 12.7. The van der Waals surface area contributed by atoms with Crippen LogP contribution in [0.1, 0.15) is 43.9 Å². The van der Waals surface area contributed by atoms with Gasteiger partial charge >= 0.3 is 0 Å². The number of hydrogen-bond donors (Lipinski definition) is 1. The summed E-state index contributed by atoms with van der Waals surface area (Å²) < 4.78 is 0. The molecule has 1 fully saturated rings. The molecule has 2 rings (SSSR count). The van der Waals surface area contributed by atoms with E-state index in [2.05, 4.69) is 43.0 Å². The van der Waals surface area contributed by atoms with Gasteiger partial charge in [0.15, 0.2) is 0 Å². The molecule has 0 aromatic heterocycles. The van der Waals surface area contributed by atoms with Crippen LogP contribution >= 0.6 is 12.2 Å². The van der Waals surface area contributed by atoms with Crippen LogP contribution in [0, 0.1) is 5.92 Å². The first kappa shape index (κ1) is 14.5. The molecular weight excluding hydrogens is 252 g/mol. The van der Waals surface area contributed by atoms with E-state index < -0.39 is 0 Å². The molecule has 1 aromatic carbocycles. The van der Waals surface area contributed by atoms with Gasteiger partial charge in [0.1, 0.15) is 0 Å². The van der Waals surface area contributed by atoms with Gasteiger partial charge in [-0.3, -0.25) is 4.90 Å². The predicted molar refractivity (Wildman–Crippen MR) is 85.3 cm³/mol. The second-order valence-corrected chi connectivity index (χ2v) is 6.11. The van der Waals surface area contributed by atoms with Crippen LogP contribution in [0.4, 0.5) is 0 Å². The van der Waals surface area contributed by atoms with E-state index in [-0.39, 0.29) is 6.04 Å². The normalized spacial score (nSPS) is 22.1. The van der Waals surface area contributed by atoms with Crippen LogP contribution in [-0.4, -0.2) is 23.0 Å². The minimum atomic E-state index is 0.101. The fourth-order valence-electron chi connectivity index (χ4n) is 2.95. The van der Waals surface area contributed by atoms with Crippen molar-refractivity contribution in [2.24, 2.45) is 11.7 Å². The molecule has 1 aromatic rings. The van der Waals surface area contributed by atoms with Gasteiger partial charge < -0.3 is 5.73 Å². The van der Waals surface area contributed by atoms with E-state index in [9.17, 15) is 0 Å². The SMILES string of the molecule is CCc1ccc(C(C(N)=S)N2CCCC(C)C2)cc1. The van der Waals surface area contributed by atoms with Crippen LogP contribution in [0.25, 0.3) is 0 Å². The Balaban J connectivity index is 2.21. The van der Waals surface area contributed by atoms with Gasteiger partial charge in [0.05, 0.1) is 11.0 Å². The molecule has 1 aliphatic heterocycles. The Morgan fingerprint density at radius 2 is 2.11 bits per heavy atom. The number of rotatable bonds is 4. The van der Waals surface area contributed by atoms with Crippen molar-refractivity contribution in [3.63, 3.8) is 0 Å². The molecular formula is C16H24N2S. The van der Waals surface area contributed by atoms with E-state index in [0.29, 0.717) is 4.99 Å². The monoisotopic (exact) mass is 276 g/mol. The minimum Gasteiger partial charge on any atom is -0.392 e. The van der Waals surface area contributed by atoms with E-state index >= 15 is 0 Å². The standard InChI is InChI=1S/C16H24N2S/c1-3-13-6-8-14(9-7-13)15(16(17)19)18-10-4-5-12(2)11-18/h6-9,12,15H,3-5,10-11H2,1-2H3,(H2,17,19). The number of hydrogen-bond acceptors (Lipinski definition) is 2. The maximum atomic E-state index is 6.01. The molecule has 0 saturated carbocycles. The molecule has 0 amide bonds. The molecule has 19 heavy (non-hydrogen) atoms. The Bertz CT molecular complexity index is 427. The van der Waals surface area contributed by atoms with Gasteiger partial charge in [-0.25, -0.2) is 0 Å². The fourth-order valence-corrected chi connectivity index (χ4v) is 3.24. The lowest BCUT2D eigenvalue weighted by atomic mass is 9.95. The molecule has 1 heterocycles. The lowest BCUT2D eigenvalue weighted by Crippen LogP contribution is -2.42. The molecule has 1 saturated heterocycles. The molecule has 2 atom stereocenters. The smallest absolute Gasteiger partial charge is 0.0948 e. The van der Waals surface area contributed by atoms with E-state index in [1.165, 1.54) is 24.0 Å². The van der Waals surface area contributed by atoms with Crippen LogP contribution < -0.4 is 5.73 Å². The summed E-state index contributed by atoms with van der Waals surface area (Å²) in [5.41, 5.74) is 8.60. The van der Waals surface area contributed by atoms with Crippen LogP contribution in [0.15, 0.2) is 24.3 Å². The average Bonchev–Trinajstić information content (AvgIpc) is 2.39. The Morgan fingerprint density at radius 1 is 1.42 bits per heavy atom. The molecule has 2 unspecified atom stereocenters. The summed E-state index contributed by atoms with van der Waals surface area (Å²) in [5.74, 6) is 0.737. The summed E-state index contributed by atoms with van der Waals surface area (Å²) in [4.78, 5) is 3.04. The second kappa shape index (κ2) is 6.49. The lowest BCUT2D eigenvalue weighted by Gasteiger charge is -2.37. The number of benzene rings is 1. The van der Waals surface area contributed by atoms with Crippen molar-refractivity contribution >= 4 is 17.2 Å². The zero-order chi connectivity index (χ0) is 13.8. The predicted octanol–water partition coefficient (Wildman–Crippen LogP) is 3.31. The molecule has 2 nitrogen and oxygen atoms in total. The van der Waals surface area contributed by atoms with Gasteiger partial charge in [-0.15, -0.1) is 0 Å². The van der Waals surface area contributed by atoms with Crippen LogP contribution in [0.2, 0.25) is 0 Å². The van der Waals surface area contributed by atoms with Crippen molar-refractivity contribution in [1.29, 1.82) is 0 Å². The summed E-state index contributed by atoms with van der Waals surface area (Å²) in [6.45, 7) is 6.68. The largest absolute Gasteiger partial charge is 0.392 e. The van der Waals surface area contributed by atoms with Gasteiger partial charge in [0.2, 0.25) is 0 Å².